The van der Waals surface area contributed by atoms with Gasteiger partial charge >= 0.3 is 5.97 Å². The molecule has 4 nitrogen and oxygen atoms in total. The van der Waals surface area contributed by atoms with Gasteiger partial charge in [0.2, 0.25) is 0 Å². The Labute approximate surface area is 71.3 Å². The number of rotatable bonds is 1. The van der Waals surface area contributed by atoms with Crippen LogP contribution >= 0.6 is 0 Å². The lowest BCUT2D eigenvalue weighted by Gasteiger charge is -2.42. The third kappa shape index (κ3) is 1.11. The van der Waals surface area contributed by atoms with Gasteiger partial charge in [-0.25, -0.2) is 0 Å². The molecule has 0 radical (unpaired) electrons. The highest BCUT2D eigenvalue weighted by Crippen LogP contribution is 2.31. The number of carboxylic acid groups (broad SMARTS) is 1. The molecule has 2 fully saturated rings. The van der Waals surface area contributed by atoms with E-state index in [9.17, 15) is 4.79 Å². The second kappa shape index (κ2) is 2.71. The Morgan fingerprint density at radius 3 is 2.33 bits per heavy atom. The highest BCUT2D eigenvalue weighted by molar-refractivity contribution is 5.75. The summed E-state index contributed by atoms with van der Waals surface area (Å²) in [5, 5.41) is 15.4. The molecule has 0 aromatic heterocycles. The number of hydrogen-bond acceptors (Lipinski definition) is 3. The molecule has 68 valence electrons. The topological polar surface area (TPSA) is 61.4 Å². The van der Waals surface area contributed by atoms with Crippen molar-refractivity contribution < 1.29 is 9.90 Å². The summed E-state index contributed by atoms with van der Waals surface area (Å²) in [6.07, 6.45) is 0.836. The molecule has 0 aliphatic carbocycles. The zero-order chi connectivity index (χ0) is 8.60. The van der Waals surface area contributed by atoms with Crippen molar-refractivity contribution in [3.05, 3.63) is 0 Å². The second-order valence-electron chi connectivity index (χ2n) is 3.92. The predicted octanol–water partition coefficient (Wildman–Crippen LogP) is -0.730. The van der Waals surface area contributed by atoms with E-state index in [2.05, 4.69) is 10.6 Å². The fraction of sp³-hybridized carbons (Fsp3) is 0.875. The maximum Gasteiger partial charge on any atom is 0.312 e. The zero-order valence-electron chi connectivity index (χ0n) is 6.97. The minimum atomic E-state index is -0.660. The quantitative estimate of drug-likeness (QED) is 0.485. The fourth-order valence-corrected chi connectivity index (χ4v) is 2.25. The molecule has 2 aliphatic rings. The first kappa shape index (κ1) is 8.01. The van der Waals surface area contributed by atoms with E-state index >= 15 is 0 Å². The normalized spacial score (nSPS) is 40.8. The number of fused-ring (bicyclic) bond motifs is 2. The van der Waals surface area contributed by atoms with Crippen LogP contribution in [-0.4, -0.2) is 37.3 Å². The van der Waals surface area contributed by atoms with E-state index in [-0.39, 0.29) is 0 Å². The maximum absolute atomic E-state index is 11.0. The predicted molar refractivity (Wildman–Crippen MR) is 43.9 cm³/mol. The molecule has 2 aliphatic heterocycles. The molecule has 0 unspecified atom stereocenters. The summed E-state index contributed by atoms with van der Waals surface area (Å²) in [5.74, 6) is -0.157. The Bertz CT molecular complexity index is 195. The molecule has 0 aromatic rings. The lowest BCUT2D eigenvalue weighted by molar-refractivity contribution is -0.152. The monoisotopic (exact) mass is 170 g/mol. The van der Waals surface area contributed by atoms with Crippen LogP contribution in [0.5, 0.6) is 0 Å². The van der Waals surface area contributed by atoms with Gasteiger partial charge in [0.15, 0.2) is 0 Å². The Hall–Kier alpha value is -0.610. The molecule has 2 heterocycles. The summed E-state index contributed by atoms with van der Waals surface area (Å²) in [6.45, 7) is 3.15. The highest BCUT2D eigenvalue weighted by atomic mass is 16.4. The number of hydrogen-bond donors (Lipinski definition) is 3. The Balaban J connectivity index is 2.17. The third-order valence-corrected chi connectivity index (χ3v) is 2.93. The Kier molecular flexibility index (Phi) is 1.81. The molecule has 0 aromatic carbocycles. The number of piperidine rings is 2. The van der Waals surface area contributed by atoms with Gasteiger partial charge in [-0.15, -0.1) is 0 Å². The standard InChI is InChI=1S/C8H14N2O2/c11-7(12)8-1-6(2-9-4-8)3-10-5-8/h6,9-10H,1-5H2,(H,11,12). The lowest BCUT2D eigenvalue weighted by atomic mass is 9.73. The van der Waals surface area contributed by atoms with E-state index in [4.69, 9.17) is 5.11 Å². The summed E-state index contributed by atoms with van der Waals surface area (Å²) in [7, 11) is 0. The smallest absolute Gasteiger partial charge is 0.312 e. The van der Waals surface area contributed by atoms with Gasteiger partial charge < -0.3 is 15.7 Å². The SMILES string of the molecule is O=C(O)C12CNCC(CNC1)C2. The number of nitrogens with one attached hydrogen (secondary N) is 2. The second-order valence-corrected chi connectivity index (χ2v) is 3.92. The molecule has 0 atom stereocenters. The average Bonchev–Trinajstić information content (AvgIpc) is 2.04. The molecule has 4 heteroatoms. The van der Waals surface area contributed by atoms with Crippen molar-refractivity contribution in [1.29, 1.82) is 0 Å². The summed E-state index contributed by atoms with van der Waals surface area (Å²) >= 11 is 0. The summed E-state index contributed by atoms with van der Waals surface area (Å²) < 4.78 is 0. The largest absolute Gasteiger partial charge is 0.481 e. The van der Waals surface area contributed by atoms with Crippen molar-refractivity contribution in [2.45, 2.75) is 6.42 Å². The molecule has 12 heavy (non-hydrogen) atoms. The molecule has 0 spiro atoms. The van der Waals surface area contributed by atoms with Crippen LogP contribution < -0.4 is 10.6 Å². The van der Waals surface area contributed by atoms with E-state index in [1.54, 1.807) is 0 Å². The fourth-order valence-electron chi connectivity index (χ4n) is 2.25. The van der Waals surface area contributed by atoms with Gasteiger partial charge in [0.1, 0.15) is 0 Å². The summed E-state index contributed by atoms with van der Waals surface area (Å²) in [5.41, 5.74) is -0.527. The molecular formula is C8H14N2O2. The van der Waals surface area contributed by atoms with Crippen LogP contribution in [0.1, 0.15) is 6.42 Å². The maximum atomic E-state index is 11.0. The molecular weight excluding hydrogens is 156 g/mol. The van der Waals surface area contributed by atoms with Crippen LogP contribution in [0, 0.1) is 11.3 Å². The van der Waals surface area contributed by atoms with Gasteiger partial charge in [-0.05, 0) is 25.4 Å². The van der Waals surface area contributed by atoms with Crippen LogP contribution in [0.4, 0.5) is 0 Å². The van der Waals surface area contributed by atoms with Crippen molar-refractivity contribution in [3.63, 3.8) is 0 Å². The molecule has 3 N–H and O–H groups in total. The van der Waals surface area contributed by atoms with Crippen LogP contribution in [-0.2, 0) is 4.79 Å². The van der Waals surface area contributed by atoms with Gasteiger partial charge in [0, 0.05) is 13.1 Å². The lowest BCUT2D eigenvalue weighted by Crippen LogP contribution is -2.59. The van der Waals surface area contributed by atoms with E-state index in [0.717, 1.165) is 19.5 Å². The minimum Gasteiger partial charge on any atom is -0.481 e. The molecule has 0 saturated carbocycles. The van der Waals surface area contributed by atoms with Gasteiger partial charge in [-0.3, -0.25) is 4.79 Å². The number of carbonyl (C=O) groups is 1. The first-order chi connectivity index (χ1) is 5.73. The van der Waals surface area contributed by atoms with Gasteiger partial charge in [0.25, 0.3) is 0 Å². The van der Waals surface area contributed by atoms with Crippen molar-refractivity contribution in [2.24, 2.45) is 11.3 Å². The van der Waals surface area contributed by atoms with Gasteiger partial charge in [-0.2, -0.15) is 0 Å². The Morgan fingerprint density at radius 1 is 1.33 bits per heavy atom. The number of aliphatic carboxylic acids is 1. The van der Waals surface area contributed by atoms with E-state index in [0.29, 0.717) is 19.0 Å². The summed E-state index contributed by atoms with van der Waals surface area (Å²) in [6, 6.07) is 0. The first-order valence-electron chi connectivity index (χ1n) is 4.38. The van der Waals surface area contributed by atoms with E-state index in [1.807, 2.05) is 0 Å². The minimum absolute atomic E-state index is 0.503. The van der Waals surface area contributed by atoms with Crippen LogP contribution in [0.15, 0.2) is 0 Å². The van der Waals surface area contributed by atoms with Crippen molar-refractivity contribution in [3.8, 4) is 0 Å². The third-order valence-electron chi connectivity index (χ3n) is 2.93. The van der Waals surface area contributed by atoms with Crippen LogP contribution in [0.25, 0.3) is 0 Å². The van der Waals surface area contributed by atoms with E-state index < -0.39 is 11.4 Å². The molecule has 2 rings (SSSR count). The molecule has 2 bridgehead atoms. The Morgan fingerprint density at radius 2 is 1.92 bits per heavy atom. The van der Waals surface area contributed by atoms with Crippen molar-refractivity contribution >= 4 is 5.97 Å². The first-order valence-corrected chi connectivity index (χ1v) is 4.38. The highest BCUT2D eigenvalue weighted by Gasteiger charge is 2.45. The van der Waals surface area contributed by atoms with Gasteiger partial charge in [-0.1, -0.05) is 0 Å². The van der Waals surface area contributed by atoms with E-state index in [1.165, 1.54) is 0 Å². The van der Waals surface area contributed by atoms with Crippen molar-refractivity contribution in [2.75, 3.05) is 26.2 Å². The van der Waals surface area contributed by atoms with Crippen molar-refractivity contribution in [1.82, 2.24) is 10.6 Å². The summed E-state index contributed by atoms with van der Waals surface area (Å²) in [4.78, 5) is 11.0. The number of carboxylic acids is 1. The zero-order valence-corrected chi connectivity index (χ0v) is 6.97. The van der Waals surface area contributed by atoms with Gasteiger partial charge in [0.05, 0.1) is 5.41 Å². The van der Waals surface area contributed by atoms with Crippen LogP contribution in [0.2, 0.25) is 0 Å². The average molecular weight is 170 g/mol. The molecule has 2 saturated heterocycles. The molecule has 0 amide bonds. The van der Waals surface area contributed by atoms with Crippen LogP contribution in [0.3, 0.4) is 0 Å².